The summed E-state index contributed by atoms with van der Waals surface area (Å²) in [5, 5.41) is 3.19. The molecule has 0 atom stereocenters. The maximum atomic E-state index is 13.1. The fourth-order valence-corrected chi connectivity index (χ4v) is 1.90. The van der Waals surface area contributed by atoms with Crippen molar-refractivity contribution >= 4 is 11.6 Å². The van der Waals surface area contributed by atoms with E-state index >= 15 is 0 Å². The van der Waals surface area contributed by atoms with Gasteiger partial charge in [0.05, 0.1) is 22.7 Å². The van der Waals surface area contributed by atoms with Crippen LogP contribution in [0.3, 0.4) is 0 Å². The number of rotatable bonds is 3. The molecule has 0 saturated carbocycles. The fourth-order valence-electron chi connectivity index (χ4n) is 1.72. The summed E-state index contributed by atoms with van der Waals surface area (Å²) in [5.74, 6) is -0.415. The van der Waals surface area contributed by atoms with Crippen LogP contribution in [0.1, 0.15) is 5.69 Å². The number of benzene rings is 1. The van der Waals surface area contributed by atoms with Crippen LogP contribution in [0.4, 0.5) is 4.39 Å². The first-order chi connectivity index (χ1) is 8.13. The van der Waals surface area contributed by atoms with Crippen molar-refractivity contribution in [1.82, 2.24) is 14.9 Å². The lowest BCUT2D eigenvalue weighted by Gasteiger charge is -2.06. The molecule has 2 aromatic rings. The molecular formula is C12H13ClFN3. The molecule has 0 aliphatic heterocycles. The van der Waals surface area contributed by atoms with Crippen molar-refractivity contribution in [3.8, 4) is 11.3 Å². The van der Waals surface area contributed by atoms with E-state index in [-0.39, 0.29) is 5.02 Å². The maximum absolute atomic E-state index is 13.1. The van der Waals surface area contributed by atoms with Crippen molar-refractivity contribution in [3.05, 3.63) is 41.1 Å². The topological polar surface area (TPSA) is 29.9 Å². The molecule has 1 aromatic heterocycles. The van der Waals surface area contributed by atoms with Crippen LogP contribution in [0.25, 0.3) is 11.3 Å². The van der Waals surface area contributed by atoms with Crippen LogP contribution in [-0.2, 0) is 13.6 Å². The molecule has 1 N–H and O–H groups in total. The largest absolute Gasteiger partial charge is 0.336 e. The first kappa shape index (κ1) is 12.1. The molecule has 0 aliphatic carbocycles. The highest BCUT2D eigenvalue weighted by Crippen LogP contribution is 2.26. The van der Waals surface area contributed by atoms with Gasteiger partial charge in [0.1, 0.15) is 5.82 Å². The summed E-state index contributed by atoms with van der Waals surface area (Å²) < 4.78 is 15.0. The Hall–Kier alpha value is -1.39. The molecule has 0 unspecified atom stereocenters. The molecule has 0 aliphatic rings. The van der Waals surface area contributed by atoms with Crippen LogP contribution in [0.5, 0.6) is 0 Å². The number of nitrogens with one attached hydrogen (secondary N) is 1. The number of imidazole rings is 1. The van der Waals surface area contributed by atoms with Crippen LogP contribution in [-0.4, -0.2) is 16.6 Å². The van der Waals surface area contributed by atoms with Gasteiger partial charge in [0, 0.05) is 19.2 Å². The van der Waals surface area contributed by atoms with E-state index < -0.39 is 5.82 Å². The summed E-state index contributed by atoms with van der Waals surface area (Å²) in [7, 11) is 3.79. The zero-order chi connectivity index (χ0) is 12.4. The first-order valence-electron chi connectivity index (χ1n) is 5.23. The average molecular weight is 254 g/mol. The zero-order valence-corrected chi connectivity index (χ0v) is 10.4. The summed E-state index contributed by atoms with van der Waals surface area (Å²) in [6, 6.07) is 4.64. The number of aromatic nitrogens is 2. The Kier molecular flexibility index (Phi) is 3.45. The lowest BCUT2D eigenvalue weighted by molar-refractivity contribution is 0.628. The van der Waals surface area contributed by atoms with Crippen molar-refractivity contribution < 1.29 is 4.39 Å². The lowest BCUT2D eigenvalue weighted by Crippen LogP contribution is -2.09. The van der Waals surface area contributed by atoms with E-state index in [1.165, 1.54) is 6.07 Å². The van der Waals surface area contributed by atoms with Gasteiger partial charge in [0.2, 0.25) is 0 Å². The molecule has 0 radical (unpaired) electrons. The molecule has 0 bridgehead atoms. The molecule has 17 heavy (non-hydrogen) atoms. The van der Waals surface area contributed by atoms with Crippen molar-refractivity contribution in [2.45, 2.75) is 6.54 Å². The van der Waals surface area contributed by atoms with E-state index in [0.717, 1.165) is 17.0 Å². The molecule has 0 amide bonds. The van der Waals surface area contributed by atoms with E-state index in [9.17, 15) is 4.39 Å². The Morgan fingerprint density at radius 1 is 1.47 bits per heavy atom. The second-order valence-corrected chi connectivity index (χ2v) is 4.22. The Labute approximate surface area is 104 Å². The van der Waals surface area contributed by atoms with Gasteiger partial charge < -0.3 is 9.88 Å². The van der Waals surface area contributed by atoms with Gasteiger partial charge in [0.15, 0.2) is 0 Å². The minimum atomic E-state index is -0.415. The van der Waals surface area contributed by atoms with Gasteiger partial charge in [0.25, 0.3) is 0 Å². The number of halogens is 2. The van der Waals surface area contributed by atoms with Crippen molar-refractivity contribution in [2.75, 3.05) is 7.05 Å². The van der Waals surface area contributed by atoms with E-state index in [2.05, 4.69) is 10.3 Å². The predicted octanol–water partition coefficient (Wildman–Crippen LogP) is 2.60. The third-order valence-corrected chi connectivity index (χ3v) is 2.89. The fraction of sp³-hybridized carbons (Fsp3) is 0.250. The van der Waals surface area contributed by atoms with Crippen molar-refractivity contribution in [1.29, 1.82) is 0 Å². The molecule has 0 fully saturated rings. The monoisotopic (exact) mass is 253 g/mol. The van der Waals surface area contributed by atoms with Gasteiger partial charge in [-0.3, -0.25) is 0 Å². The van der Waals surface area contributed by atoms with Crippen LogP contribution in [0.15, 0.2) is 24.5 Å². The van der Waals surface area contributed by atoms with Crippen LogP contribution < -0.4 is 5.32 Å². The molecule has 1 heterocycles. The highest BCUT2D eigenvalue weighted by Gasteiger charge is 2.11. The normalized spacial score (nSPS) is 10.8. The summed E-state index contributed by atoms with van der Waals surface area (Å²) in [6.07, 6.45) is 1.74. The predicted molar refractivity (Wildman–Crippen MR) is 66.4 cm³/mol. The van der Waals surface area contributed by atoms with Gasteiger partial charge >= 0.3 is 0 Å². The SMILES string of the molecule is CNCc1c(-c2ccc(F)c(Cl)c2)ncn1C. The zero-order valence-electron chi connectivity index (χ0n) is 9.67. The molecular weight excluding hydrogens is 241 g/mol. The Bertz CT molecular complexity index is 537. The van der Waals surface area contributed by atoms with Gasteiger partial charge in [-0.2, -0.15) is 0 Å². The summed E-state index contributed by atoms with van der Waals surface area (Å²) in [5.41, 5.74) is 2.68. The third kappa shape index (κ3) is 2.33. The third-order valence-electron chi connectivity index (χ3n) is 2.60. The van der Waals surface area contributed by atoms with Crippen LogP contribution >= 0.6 is 11.6 Å². The minimum Gasteiger partial charge on any atom is -0.336 e. The molecule has 90 valence electrons. The van der Waals surface area contributed by atoms with E-state index in [4.69, 9.17) is 11.6 Å². The molecule has 5 heteroatoms. The van der Waals surface area contributed by atoms with E-state index in [0.29, 0.717) is 6.54 Å². The second kappa shape index (κ2) is 4.85. The quantitative estimate of drug-likeness (QED) is 0.911. The van der Waals surface area contributed by atoms with Crippen molar-refractivity contribution in [3.63, 3.8) is 0 Å². The number of hydrogen-bond donors (Lipinski definition) is 1. The highest BCUT2D eigenvalue weighted by molar-refractivity contribution is 6.31. The Morgan fingerprint density at radius 2 is 2.24 bits per heavy atom. The van der Waals surface area contributed by atoms with Gasteiger partial charge in [-0.05, 0) is 25.2 Å². The minimum absolute atomic E-state index is 0.114. The number of nitrogens with zero attached hydrogens (tertiary/aromatic N) is 2. The molecule has 2 rings (SSSR count). The number of hydrogen-bond acceptors (Lipinski definition) is 2. The number of aryl methyl sites for hydroxylation is 1. The standard InChI is InChI=1S/C12H13ClFN3/c1-15-6-11-12(16-7-17(11)2)8-3-4-10(14)9(13)5-8/h3-5,7,15H,6H2,1-2H3. The summed E-state index contributed by atoms with van der Waals surface area (Å²) in [6.45, 7) is 0.695. The Balaban J connectivity index is 2.48. The van der Waals surface area contributed by atoms with Gasteiger partial charge in [-0.25, -0.2) is 9.37 Å². The summed E-state index contributed by atoms with van der Waals surface area (Å²) >= 11 is 5.77. The smallest absolute Gasteiger partial charge is 0.141 e. The van der Waals surface area contributed by atoms with E-state index in [1.807, 2.05) is 18.7 Å². The lowest BCUT2D eigenvalue weighted by atomic mass is 10.1. The molecule has 0 saturated heterocycles. The molecule has 3 nitrogen and oxygen atoms in total. The maximum Gasteiger partial charge on any atom is 0.141 e. The van der Waals surface area contributed by atoms with Crippen LogP contribution in [0.2, 0.25) is 5.02 Å². The van der Waals surface area contributed by atoms with E-state index in [1.54, 1.807) is 18.5 Å². The molecule has 1 aromatic carbocycles. The van der Waals surface area contributed by atoms with Gasteiger partial charge in [-0.15, -0.1) is 0 Å². The Morgan fingerprint density at radius 3 is 2.88 bits per heavy atom. The average Bonchev–Trinajstić information content (AvgIpc) is 2.66. The second-order valence-electron chi connectivity index (χ2n) is 3.81. The van der Waals surface area contributed by atoms with Crippen molar-refractivity contribution in [2.24, 2.45) is 7.05 Å². The van der Waals surface area contributed by atoms with Gasteiger partial charge in [-0.1, -0.05) is 11.6 Å². The first-order valence-corrected chi connectivity index (χ1v) is 5.61. The molecule has 0 spiro atoms. The highest BCUT2D eigenvalue weighted by atomic mass is 35.5. The summed E-state index contributed by atoms with van der Waals surface area (Å²) in [4.78, 5) is 4.32. The van der Waals surface area contributed by atoms with Crippen LogP contribution in [0, 0.1) is 5.82 Å².